The molecule has 2 aliphatic rings. The fraction of sp³-hybridized carbons (Fsp3) is 0.520. The van der Waals surface area contributed by atoms with Gasteiger partial charge in [-0.05, 0) is 36.8 Å². The molecule has 5 heteroatoms. The minimum Gasteiger partial charge on any atom is -0.472 e. The number of hydrogen-bond donors (Lipinski definition) is 1. The van der Waals surface area contributed by atoms with Crippen LogP contribution in [0.3, 0.4) is 0 Å². The molecule has 1 saturated heterocycles. The summed E-state index contributed by atoms with van der Waals surface area (Å²) in [6, 6.07) is 12.1. The SMILES string of the molecule is O=C(NC(CC1CCCCC1)c1ccccc1)C1CCN(C(=O)c2ccoc2)CC1. The van der Waals surface area contributed by atoms with Crippen LogP contribution in [-0.4, -0.2) is 29.8 Å². The van der Waals surface area contributed by atoms with E-state index in [4.69, 9.17) is 4.42 Å². The molecule has 1 aliphatic heterocycles. The second-order valence-corrected chi connectivity index (χ2v) is 8.79. The van der Waals surface area contributed by atoms with Gasteiger partial charge in [-0.25, -0.2) is 0 Å². The van der Waals surface area contributed by atoms with E-state index in [-0.39, 0.29) is 23.8 Å². The number of benzene rings is 1. The van der Waals surface area contributed by atoms with E-state index < -0.39 is 0 Å². The number of carbonyl (C=O) groups excluding carboxylic acids is 2. The molecule has 2 fully saturated rings. The maximum absolute atomic E-state index is 13.1. The second-order valence-electron chi connectivity index (χ2n) is 8.79. The van der Waals surface area contributed by atoms with E-state index >= 15 is 0 Å². The molecule has 1 aliphatic carbocycles. The van der Waals surface area contributed by atoms with Crippen LogP contribution in [0.25, 0.3) is 0 Å². The molecule has 0 bridgehead atoms. The third kappa shape index (κ3) is 5.13. The van der Waals surface area contributed by atoms with Crippen molar-refractivity contribution in [1.29, 1.82) is 0 Å². The van der Waals surface area contributed by atoms with Gasteiger partial charge in [0.05, 0.1) is 17.9 Å². The zero-order valence-corrected chi connectivity index (χ0v) is 17.6. The number of rotatable bonds is 6. The highest BCUT2D eigenvalue weighted by molar-refractivity contribution is 5.94. The first kappa shape index (κ1) is 20.7. The molecule has 160 valence electrons. The highest BCUT2D eigenvalue weighted by atomic mass is 16.3. The van der Waals surface area contributed by atoms with Crippen LogP contribution in [0.4, 0.5) is 0 Å². The minimum absolute atomic E-state index is 0.0120. The molecule has 0 spiro atoms. The molecular weight excluding hydrogens is 376 g/mol. The lowest BCUT2D eigenvalue weighted by Gasteiger charge is -2.33. The molecule has 2 amide bonds. The van der Waals surface area contributed by atoms with Crippen LogP contribution < -0.4 is 5.32 Å². The smallest absolute Gasteiger partial charge is 0.257 e. The van der Waals surface area contributed by atoms with Crippen LogP contribution in [0.2, 0.25) is 0 Å². The predicted molar refractivity (Wildman–Crippen MR) is 116 cm³/mol. The monoisotopic (exact) mass is 408 g/mol. The molecule has 1 N–H and O–H groups in total. The Hall–Kier alpha value is -2.56. The van der Waals surface area contributed by atoms with Crippen molar-refractivity contribution in [1.82, 2.24) is 10.2 Å². The summed E-state index contributed by atoms with van der Waals surface area (Å²) in [6.07, 6.45) is 11.9. The first-order valence-electron chi connectivity index (χ1n) is 11.4. The quantitative estimate of drug-likeness (QED) is 0.735. The number of nitrogens with one attached hydrogen (secondary N) is 1. The van der Waals surface area contributed by atoms with Crippen molar-refractivity contribution in [3.63, 3.8) is 0 Å². The van der Waals surface area contributed by atoms with Crippen LogP contribution in [0.1, 0.15) is 73.3 Å². The lowest BCUT2D eigenvalue weighted by molar-refractivity contribution is -0.127. The normalized spacial score (nSPS) is 19.4. The maximum Gasteiger partial charge on any atom is 0.257 e. The zero-order valence-electron chi connectivity index (χ0n) is 17.6. The summed E-state index contributed by atoms with van der Waals surface area (Å²) in [4.78, 5) is 27.4. The lowest BCUT2D eigenvalue weighted by atomic mass is 9.83. The molecule has 0 radical (unpaired) electrons. The van der Waals surface area contributed by atoms with E-state index in [1.54, 1.807) is 6.07 Å². The Balaban J connectivity index is 1.35. The van der Waals surface area contributed by atoms with Gasteiger partial charge in [0.1, 0.15) is 6.26 Å². The average molecular weight is 409 g/mol. The number of hydrogen-bond acceptors (Lipinski definition) is 3. The second kappa shape index (κ2) is 9.96. The lowest BCUT2D eigenvalue weighted by Crippen LogP contribution is -2.43. The van der Waals surface area contributed by atoms with Crippen molar-refractivity contribution in [2.45, 2.75) is 57.4 Å². The van der Waals surface area contributed by atoms with Crippen LogP contribution >= 0.6 is 0 Å². The van der Waals surface area contributed by atoms with Crippen molar-refractivity contribution in [2.24, 2.45) is 11.8 Å². The largest absolute Gasteiger partial charge is 0.472 e. The summed E-state index contributed by atoms with van der Waals surface area (Å²) < 4.78 is 5.02. The van der Waals surface area contributed by atoms with E-state index in [9.17, 15) is 9.59 Å². The highest BCUT2D eigenvalue weighted by Crippen LogP contribution is 2.32. The van der Waals surface area contributed by atoms with Crippen molar-refractivity contribution in [3.8, 4) is 0 Å². The van der Waals surface area contributed by atoms with Gasteiger partial charge in [0.25, 0.3) is 5.91 Å². The van der Waals surface area contributed by atoms with Crippen molar-refractivity contribution in [2.75, 3.05) is 13.1 Å². The van der Waals surface area contributed by atoms with Gasteiger partial charge < -0.3 is 14.6 Å². The summed E-state index contributed by atoms with van der Waals surface area (Å²) in [5.74, 6) is 0.784. The average Bonchev–Trinajstić information content (AvgIpc) is 3.34. The predicted octanol–water partition coefficient (Wildman–Crippen LogP) is 4.96. The molecule has 1 aromatic heterocycles. The summed E-state index contributed by atoms with van der Waals surface area (Å²) in [5.41, 5.74) is 1.78. The standard InChI is InChI=1S/C25H32N2O3/c28-24(21-11-14-27(15-12-21)25(29)22-13-16-30-18-22)26-23(20-9-5-2-6-10-20)17-19-7-3-1-4-8-19/h2,5-6,9-10,13,16,18-19,21,23H,1,3-4,7-8,11-12,14-15,17H2,(H,26,28). The molecule has 5 nitrogen and oxygen atoms in total. The highest BCUT2D eigenvalue weighted by Gasteiger charge is 2.30. The first-order chi connectivity index (χ1) is 14.7. The Morgan fingerprint density at radius 3 is 2.40 bits per heavy atom. The van der Waals surface area contributed by atoms with E-state index in [1.807, 2.05) is 11.0 Å². The Labute approximate surface area is 178 Å². The number of amides is 2. The fourth-order valence-corrected chi connectivity index (χ4v) is 4.92. The molecule has 30 heavy (non-hydrogen) atoms. The maximum atomic E-state index is 13.1. The summed E-state index contributed by atoms with van der Waals surface area (Å²) >= 11 is 0. The minimum atomic E-state index is -0.0315. The Kier molecular flexibility index (Phi) is 6.88. The van der Waals surface area contributed by atoms with Crippen LogP contribution in [0, 0.1) is 11.8 Å². The van der Waals surface area contributed by atoms with Gasteiger partial charge in [-0.1, -0.05) is 62.4 Å². The van der Waals surface area contributed by atoms with Gasteiger partial charge in [0.15, 0.2) is 0 Å². The third-order valence-electron chi connectivity index (χ3n) is 6.73. The van der Waals surface area contributed by atoms with E-state index in [0.717, 1.165) is 6.42 Å². The number of carbonyl (C=O) groups is 2. The van der Waals surface area contributed by atoms with Crippen LogP contribution in [0.15, 0.2) is 53.3 Å². The number of nitrogens with zero attached hydrogens (tertiary/aromatic N) is 1. The van der Waals surface area contributed by atoms with Crippen molar-refractivity contribution in [3.05, 3.63) is 60.1 Å². The van der Waals surface area contributed by atoms with Crippen molar-refractivity contribution < 1.29 is 14.0 Å². The van der Waals surface area contributed by atoms with Crippen LogP contribution in [-0.2, 0) is 4.79 Å². The molecule has 1 aromatic carbocycles. The van der Waals surface area contributed by atoms with E-state index in [2.05, 4.69) is 29.6 Å². The molecule has 1 unspecified atom stereocenters. The molecular formula is C25H32N2O3. The van der Waals surface area contributed by atoms with Gasteiger partial charge in [0.2, 0.25) is 5.91 Å². The van der Waals surface area contributed by atoms with Gasteiger partial charge in [-0.2, -0.15) is 0 Å². The fourth-order valence-electron chi connectivity index (χ4n) is 4.92. The summed E-state index contributed by atoms with van der Waals surface area (Å²) in [5, 5.41) is 3.36. The van der Waals surface area contributed by atoms with Gasteiger partial charge in [0, 0.05) is 19.0 Å². The van der Waals surface area contributed by atoms with Crippen LogP contribution in [0.5, 0.6) is 0 Å². The molecule has 2 aromatic rings. The summed E-state index contributed by atoms with van der Waals surface area (Å²) in [7, 11) is 0. The number of likely N-dealkylation sites (tertiary alicyclic amines) is 1. The van der Waals surface area contributed by atoms with Gasteiger partial charge in [-0.3, -0.25) is 9.59 Å². The Bertz CT molecular complexity index is 804. The third-order valence-corrected chi connectivity index (χ3v) is 6.73. The Morgan fingerprint density at radius 1 is 1.00 bits per heavy atom. The Morgan fingerprint density at radius 2 is 1.73 bits per heavy atom. The van der Waals surface area contributed by atoms with Gasteiger partial charge in [-0.15, -0.1) is 0 Å². The van der Waals surface area contributed by atoms with E-state index in [0.29, 0.717) is 37.4 Å². The first-order valence-corrected chi connectivity index (χ1v) is 11.4. The van der Waals surface area contributed by atoms with Crippen molar-refractivity contribution >= 4 is 11.8 Å². The molecule has 2 heterocycles. The number of furan rings is 1. The number of piperidine rings is 1. The summed E-state index contributed by atoms with van der Waals surface area (Å²) in [6.45, 7) is 1.22. The van der Waals surface area contributed by atoms with Gasteiger partial charge >= 0.3 is 0 Å². The van der Waals surface area contributed by atoms with E-state index in [1.165, 1.54) is 50.2 Å². The zero-order chi connectivity index (χ0) is 20.8. The molecule has 4 rings (SSSR count). The molecule has 1 saturated carbocycles. The molecule has 1 atom stereocenters. The topological polar surface area (TPSA) is 62.6 Å².